The van der Waals surface area contributed by atoms with Gasteiger partial charge in [0.2, 0.25) is 0 Å². The van der Waals surface area contributed by atoms with Crippen LogP contribution in [0, 0.1) is 5.82 Å². The molecule has 0 amide bonds. The summed E-state index contributed by atoms with van der Waals surface area (Å²) in [4.78, 5) is 2.43. The summed E-state index contributed by atoms with van der Waals surface area (Å²) in [6.45, 7) is 3.19. The predicted octanol–water partition coefficient (Wildman–Crippen LogP) is 2.78. The van der Waals surface area contributed by atoms with E-state index >= 15 is 0 Å². The third kappa shape index (κ3) is 2.95. The number of halogens is 1. The molecule has 0 spiro atoms. The molecule has 2 N–H and O–H groups in total. The summed E-state index contributed by atoms with van der Waals surface area (Å²) in [5.41, 5.74) is 6.93. The molecule has 16 heavy (non-hydrogen) atoms. The van der Waals surface area contributed by atoms with Gasteiger partial charge in [0.05, 0.1) is 5.69 Å². The number of benzene rings is 1. The van der Waals surface area contributed by atoms with Gasteiger partial charge < -0.3 is 5.73 Å². The van der Waals surface area contributed by atoms with Crippen molar-refractivity contribution in [3.8, 4) is 0 Å². The Morgan fingerprint density at radius 3 is 2.44 bits per heavy atom. The van der Waals surface area contributed by atoms with Crippen molar-refractivity contribution in [3.05, 3.63) is 29.6 Å². The molecular weight excluding hydrogens is 203 g/mol. The number of hydrogen-bond donors (Lipinski definition) is 1. The predicted molar refractivity (Wildman–Crippen MR) is 64.6 cm³/mol. The van der Waals surface area contributed by atoms with Crippen molar-refractivity contribution in [2.24, 2.45) is 0 Å². The first-order valence-electron chi connectivity index (χ1n) is 6.02. The first-order chi connectivity index (χ1) is 7.75. The van der Waals surface area contributed by atoms with Crippen molar-refractivity contribution < 1.29 is 4.39 Å². The molecule has 0 bridgehead atoms. The number of likely N-dealkylation sites (tertiary alicyclic amines) is 1. The van der Waals surface area contributed by atoms with Crippen LogP contribution in [0.15, 0.2) is 18.2 Å². The molecule has 88 valence electrons. The monoisotopic (exact) mass is 222 g/mol. The third-order valence-electron chi connectivity index (χ3n) is 3.17. The van der Waals surface area contributed by atoms with E-state index in [0.717, 1.165) is 25.2 Å². The van der Waals surface area contributed by atoms with E-state index in [4.69, 9.17) is 5.73 Å². The molecule has 2 nitrogen and oxygen atoms in total. The Labute approximate surface area is 96.2 Å². The Hall–Kier alpha value is -1.09. The standard InChI is InChI=1S/C13H19FN2/c14-12-6-5-11(9-13(12)15)10-16-7-3-1-2-4-8-16/h5-6,9H,1-4,7-8,10,15H2. The maximum atomic E-state index is 13.0. The average Bonchev–Trinajstić information content (AvgIpc) is 2.52. The van der Waals surface area contributed by atoms with Crippen molar-refractivity contribution >= 4 is 5.69 Å². The Balaban J connectivity index is 1.99. The van der Waals surface area contributed by atoms with E-state index < -0.39 is 0 Å². The van der Waals surface area contributed by atoms with Gasteiger partial charge in [-0.15, -0.1) is 0 Å². The van der Waals surface area contributed by atoms with E-state index in [0.29, 0.717) is 0 Å². The highest BCUT2D eigenvalue weighted by Gasteiger charge is 2.10. The van der Waals surface area contributed by atoms with E-state index in [1.54, 1.807) is 6.07 Å². The zero-order chi connectivity index (χ0) is 11.4. The quantitative estimate of drug-likeness (QED) is 0.780. The largest absolute Gasteiger partial charge is 0.396 e. The van der Waals surface area contributed by atoms with Gasteiger partial charge in [0.1, 0.15) is 5.82 Å². The number of rotatable bonds is 2. The van der Waals surface area contributed by atoms with Gasteiger partial charge in [-0.05, 0) is 43.6 Å². The number of hydrogen-bond acceptors (Lipinski definition) is 2. The molecule has 1 fully saturated rings. The summed E-state index contributed by atoms with van der Waals surface area (Å²) < 4.78 is 13.0. The van der Waals surface area contributed by atoms with Crippen molar-refractivity contribution in [1.82, 2.24) is 4.90 Å². The molecule has 1 aliphatic rings. The van der Waals surface area contributed by atoms with Crippen LogP contribution in [0.2, 0.25) is 0 Å². The zero-order valence-electron chi connectivity index (χ0n) is 9.58. The van der Waals surface area contributed by atoms with Gasteiger partial charge in [-0.1, -0.05) is 18.9 Å². The SMILES string of the molecule is Nc1cc(CN2CCCCCC2)ccc1F. The van der Waals surface area contributed by atoms with Gasteiger partial charge >= 0.3 is 0 Å². The van der Waals surface area contributed by atoms with E-state index in [1.807, 2.05) is 6.07 Å². The highest BCUT2D eigenvalue weighted by molar-refractivity contribution is 5.42. The maximum absolute atomic E-state index is 13.0. The van der Waals surface area contributed by atoms with Crippen LogP contribution in [0.4, 0.5) is 10.1 Å². The highest BCUT2D eigenvalue weighted by Crippen LogP contribution is 2.16. The summed E-state index contributed by atoms with van der Waals surface area (Å²) in [6, 6.07) is 5.04. The fraction of sp³-hybridized carbons (Fsp3) is 0.538. The lowest BCUT2D eigenvalue weighted by molar-refractivity contribution is 0.277. The molecule has 3 heteroatoms. The average molecular weight is 222 g/mol. The number of nitrogen functional groups attached to an aromatic ring is 1. The van der Waals surface area contributed by atoms with Gasteiger partial charge in [0.25, 0.3) is 0 Å². The minimum Gasteiger partial charge on any atom is -0.396 e. The normalized spacial score (nSPS) is 18.3. The van der Waals surface area contributed by atoms with Crippen LogP contribution in [0.1, 0.15) is 31.2 Å². The summed E-state index contributed by atoms with van der Waals surface area (Å²) in [7, 11) is 0. The summed E-state index contributed by atoms with van der Waals surface area (Å²) in [6.07, 6.45) is 5.22. The maximum Gasteiger partial charge on any atom is 0.146 e. The summed E-state index contributed by atoms with van der Waals surface area (Å²) >= 11 is 0. The van der Waals surface area contributed by atoms with Crippen LogP contribution in [0.5, 0.6) is 0 Å². The molecule has 0 aliphatic carbocycles. The Kier molecular flexibility index (Phi) is 3.78. The van der Waals surface area contributed by atoms with Crippen LogP contribution in [0.25, 0.3) is 0 Å². The molecule has 0 unspecified atom stereocenters. The first kappa shape index (κ1) is 11.4. The lowest BCUT2D eigenvalue weighted by Crippen LogP contribution is -2.24. The molecule has 1 heterocycles. The summed E-state index contributed by atoms with van der Waals surface area (Å²) in [5, 5.41) is 0. The number of nitrogens with two attached hydrogens (primary N) is 1. The molecule has 2 rings (SSSR count). The Morgan fingerprint density at radius 1 is 1.12 bits per heavy atom. The minimum absolute atomic E-state index is 0.257. The van der Waals surface area contributed by atoms with Crippen LogP contribution < -0.4 is 5.73 Å². The van der Waals surface area contributed by atoms with Crippen LogP contribution in [-0.4, -0.2) is 18.0 Å². The molecular formula is C13H19FN2. The molecule has 0 saturated carbocycles. The van der Waals surface area contributed by atoms with Gasteiger partial charge in [-0.3, -0.25) is 4.90 Å². The molecule has 0 atom stereocenters. The van der Waals surface area contributed by atoms with Crippen molar-refractivity contribution in [2.75, 3.05) is 18.8 Å². The second kappa shape index (κ2) is 5.30. The smallest absolute Gasteiger partial charge is 0.146 e. The number of anilines is 1. The van der Waals surface area contributed by atoms with Crippen molar-refractivity contribution in [2.45, 2.75) is 32.2 Å². The first-order valence-corrected chi connectivity index (χ1v) is 6.02. The highest BCUT2D eigenvalue weighted by atomic mass is 19.1. The second-order valence-corrected chi connectivity index (χ2v) is 4.55. The second-order valence-electron chi connectivity index (χ2n) is 4.55. The van der Waals surface area contributed by atoms with Gasteiger partial charge in [-0.25, -0.2) is 4.39 Å². The van der Waals surface area contributed by atoms with E-state index in [1.165, 1.54) is 31.7 Å². The molecule has 1 saturated heterocycles. The van der Waals surface area contributed by atoms with Crippen LogP contribution >= 0.6 is 0 Å². The zero-order valence-corrected chi connectivity index (χ0v) is 9.58. The van der Waals surface area contributed by atoms with E-state index in [2.05, 4.69) is 4.90 Å². The number of nitrogens with zero attached hydrogens (tertiary/aromatic N) is 1. The van der Waals surface area contributed by atoms with Crippen LogP contribution in [-0.2, 0) is 6.54 Å². The Bertz CT molecular complexity index is 344. The molecule has 0 radical (unpaired) electrons. The van der Waals surface area contributed by atoms with E-state index in [-0.39, 0.29) is 11.5 Å². The van der Waals surface area contributed by atoms with Gasteiger partial charge in [-0.2, -0.15) is 0 Å². The lowest BCUT2D eigenvalue weighted by Gasteiger charge is -2.19. The topological polar surface area (TPSA) is 29.3 Å². The van der Waals surface area contributed by atoms with Gasteiger partial charge in [0.15, 0.2) is 0 Å². The molecule has 0 aromatic heterocycles. The fourth-order valence-electron chi connectivity index (χ4n) is 2.24. The van der Waals surface area contributed by atoms with E-state index in [9.17, 15) is 4.39 Å². The fourth-order valence-corrected chi connectivity index (χ4v) is 2.24. The Morgan fingerprint density at radius 2 is 1.81 bits per heavy atom. The van der Waals surface area contributed by atoms with Crippen molar-refractivity contribution in [3.63, 3.8) is 0 Å². The van der Waals surface area contributed by atoms with Crippen LogP contribution in [0.3, 0.4) is 0 Å². The molecule has 1 aromatic rings. The van der Waals surface area contributed by atoms with Crippen molar-refractivity contribution in [1.29, 1.82) is 0 Å². The minimum atomic E-state index is -0.320. The third-order valence-corrected chi connectivity index (χ3v) is 3.17. The molecule has 1 aromatic carbocycles. The summed E-state index contributed by atoms with van der Waals surface area (Å²) in [5.74, 6) is -0.320. The van der Waals surface area contributed by atoms with Gasteiger partial charge in [0, 0.05) is 6.54 Å². The molecule has 1 aliphatic heterocycles. The lowest BCUT2D eigenvalue weighted by atomic mass is 10.2.